The molecule has 1 aliphatic rings. The van der Waals surface area contributed by atoms with Crippen LogP contribution in [0, 0.1) is 5.21 Å². The predicted octanol–water partition coefficient (Wildman–Crippen LogP) is 1.29. The van der Waals surface area contributed by atoms with Crippen LogP contribution in [-0.2, 0) is 6.54 Å². The lowest BCUT2D eigenvalue weighted by Gasteiger charge is -2.17. The van der Waals surface area contributed by atoms with E-state index in [9.17, 15) is 5.21 Å². The molecule has 10 heavy (non-hydrogen) atoms. The van der Waals surface area contributed by atoms with Gasteiger partial charge in [0.2, 0.25) is 0 Å². The highest BCUT2D eigenvalue weighted by atomic mass is 16.9. The molecule has 1 aromatic carbocycles. The Kier molecular flexibility index (Phi) is 1.12. The monoisotopic (exact) mass is 136 g/mol. The van der Waals surface area contributed by atoms with Gasteiger partial charge in [0.1, 0.15) is 0 Å². The van der Waals surface area contributed by atoms with Crippen LogP contribution in [0.25, 0.3) is 0 Å². The maximum atomic E-state index is 10.6. The number of hydrogen-bond donors (Lipinski definition) is 0. The van der Waals surface area contributed by atoms with E-state index in [1.807, 2.05) is 18.2 Å². The first-order chi connectivity index (χ1) is 4.86. The van der Waals surface area contributed by atoms with Gasteiger partial charge in [-0.25, -0.2) is 5.23 Å². The van der Waals surface area contributed by atoms with E-state index >= 15 is 0 Å². The molecule has 0 saturated heterocycles. The maximum Gasteiger partial charge on any atom is 0.150 e. The fourth-order valence-corrected chi connectivity index (χ4v) is 1.00. The van der Waals surface area contributed by atoms with Crippen molar-refractivity contribution in [3.8, 4) is 5.75 Å². The summed E-state index contributed by atoms with van der Waals surface area (Å²) in [6.45, 7) is 0.343. The van der Waals surface area contributed by atoms with Gasteiger partial charge >= 0.3 is 0 Å². The van der Waals surface area contributed by atoms with Crippen molar-refractivity contribution in [2.75, 3.05) is 0 Å². The summed E-state index contributed by atoms with van der Waals surface area (Å²) in [6, 6.07) is 7.40. The molecule has 3 nitrogen and oxygen atoms in total. The second kappa shape index (κ2) is 1.97. The predicted molar refractivity (Wildman–Crippen MR) is 36.0 cm³/mol. The van der Waals surface area contributed by atoms with Crippen molar-refractivity contribution in [3.05, 3.63) is 35.0 Å². The quantitative estimate of drug-likeness (QED) is 0.539. The molecular formula is C7H6NO2-. The number of para-hydroxylation sites is 1. The fourth-order valence-electron chi connectivity index (χ4n) is 1.00. The third-order valence-corrected chi connectivity index (χ3v) is 1.47. The lowest BCUT2D eigenvalue weighted by molar-refractivity contribution is 0.0121. The zero-order chi connectivity index (χ0) is 6.97. The minimum Gasteiger partial charge on any atom is -0.752 e. The van der Waals surface area contributed by atoms with E-state index in [1.54, 1.807) is 6.07 Å². The summed E-state index contributed by atoms with van der Waals surface area (Å²) in [5.41, 5.74) is 0.956. The van der Waals surface area contributed by atoms with Gasteiger partial charge in [0.25, 0.3) is 0 Å². The van der Waals surface area contributed by atoms with E-state index in [0.717, 1.165) is 5.56 Å². The van der Waals surface area contributed by atoms with Crippen LogP contribution in [0.5, 0.6) is 5.75 Å². The summed E-state index contributed by atoms with van der Waals surface area (Å²) in [5.74, 6) is 0.678. The first-order valence-electron chi connectivity index (χ1n) is 3.07. The topological polar surface area (TPSA) is 35.5 Å². The summed E-state index contributed by atoms with van der Waals surface area (Å²) in [4.78, 5) is 4.78. The lowest BCUT2D eigenvalue weighted by atomic mass is 10.2. The average Bonchev–Trinajstić information content (AvgIpc) is 2.27. The van der Waals surface area contributed by atoms with E-state index in [2.05, 4.69) is 0 Å². The maximum absolute atomic E-state index is 10.6. The Morgan fingerprint density at radius 1 is 1.40 bits per heavy atom. The van der Waals surface area contributed by atoms with Crippen molar-refractivity contribution < 1.29 is 4.84 Å². The highest BCUT2D eigenvalue weighted by molar-refractivity contribution is 5.34. The zero-order valence-corrected chi connectivity index (χ0v) is 5.28. The highest BCUT2D eigenvalue weighted by Crippen LogP contribution is 2.25. The van der Waals surface area contributed by atoms with Gasteiger partial charge in [-0.2, -0.15) is 0 Å². The molecule has 1 aliphatic heterocycles. The van der Waals surface area contributed by atoms with Gasteiger partial charge in [-0.05, 0) is 6.07 Å². The summed E-state index contributed by atoms with van der Waals surface area (Å²) in [6.07, 6.45) is 0. The molecule has 1 heterocycles. The standard InChI is InChI=1S/C7H6NO2/c9-8-5-6-3-1-2-4-7(6)10-8/h1-4H,5H2/q-1. The van der Waals surface area contributed by atoms with Gasteiger partial charge in [-0.1, -0.05) is 18.2 Å². The minimum absolute atomic E-state index is 0.343. The van der Waals surface area contributed by atoms with Crippen molar-refractivity contribution in [2.24, 2.45) is 0 Å². The molecule has 0 aromatic heterocycles. The summed E-state index contributed by atoms with van der Waals surface area (Å²) in [7, 11) is 0. The number of benzene rings is 1. The lowest BCUT2D eigenvalue weighted by Crippen LogP contribution is -2.11. The number of hydrogen-bond acceptors (Lipinski definition) is 3. The van der Waals surface area contributed by atoms with E-state index in [0.29, 0.717) is 17.5 Å². The molecule has 0 atom stereocenters. The number of hydroxylamine groups is 2. The van der Waals surface area contributed by atoms with E-state index in [-0.39, 0.29) is 0 Å². The summed E-state index contributed by atoms with van der Waals surface area (Å²) in [5, 5.41) is 11.2. The van der Waals surface area contributed by atoms with Crippen molar-refractivity contribution in [3.63, 3.8) is 0 Å². The van der Waals surface area contributed by atoms with Crippen LogP contribution in [0.1, 0.15) is 5.56 Å². The normalized spacial score (nSPS) is 16.5. The third kappa shape index (κ3) is 0.761. The van der Waals surface area contributed by atoms with Crippen LogP contribution in [0.4, 0.5) is 0 Å². The average molecular weight is 136 g/mol. The van der Waals surface area contributed by atoms with E-state index in [4.69, 9.17) is 4.84 Å². The molecule has 0 spiro atoms. The van der Waals surface area contributed by atoms with E-state index in [1.165, 1.54) is 0 Å². The van der Waals surface area contributed by atoms with Crippen LogP contribution in [-0.4, -0.2) is 5.23 Å². The van der Waals surface area contributed by atoms with Crippen molar-refractivity contribution in [1.29, 1.82) is 0 Å². The Hall–Kier alpha value is -1.06. The molecule has 0 saturated carbocycles. The number of fused-ring (bicyclic) bond motifs is 1. The van der Waals surface area contributed by atoms with Gasteiger partial charge in [0.05, 0.1) is 6.54 Å². The summed E-state index contributed by atoms with van der Waals surface area (Å²) >= 11 is 0. The second-order valence-corrected chi connectivity index (χ2v) is 2.19. The van der Waals surface area contributed by atoms with Crippen molar-refractivity contribution in [1.82, 2.24) is 5.23 Å². The van der Waals surface area contributed by atoms with Crippen LogP contribution in [0.3, 0.4) is 0 Å². The molecule has 0 aliphatic carbocycles. The van der Waals surface area contributed by atoms with Gasteiger partial charge in [-0.3, -0.25) is 0 Å². The molecule has 52 valence electrons. The Labute approximate surface area is 58.4 Å². The zero-order valence-electron chi connectivity index (χ0n) is 5.28. The number of nitrogens with zero attached hydrogens (tertiary/aromatic N) is 1. The Bertz CT molecular complexity index is 224. The van der Waals surface area contributed by atoms with Gasteiger partial charge in [-0.15, -0.1) is 0 Å². The van der Waals surface area contributed by atoms with Crippen LogP contribution < -0.4 is 4.84 Å². The molecule has 0 fully saturated rings. The highest BCUT2D eigenvalue weighted by Gasteiger charge is 2.11. The van der Waals surface area contributed by atoms with Crippen LogP contribution >= 0.6 is 0 Å². The molecule has 2 rings (SSSR count). The Morgan fingerprint density at radius 2 is 2.20 bits per heavy atom. The van der Waals surface area contributed by atoms with Crippen LogP contribution in [0.2, 0.25) is 0 Å². The molecule has 0 radical (unpaired) electrons. The van der Waals surface area contributed by atoms with Crippen molar-refractivity contribution >= 4 is 0 Å². The fraction of sp³-hybridized carbons (Fsp3) is 0.143. The SMILES string of the molecule is [O-]N1Cc2ccccc2O1. The van der Waals surface area contributed by atoms with Crippen molar-refractivity contribution in [2.45, 2.75) is 6.54 Å². The molecular weight excluding hydrogens is 130 g/mol. The Morgan fingerprint density at radius 3 is 3.00 bits per heavy atom. The molecule has 0 bridgehead atoms. The van der Waals surface area contributed by atoms with Gasteiger partial charge < -0.3 is 10.0 Å². The third-order valence-electron chi connectivity index (χ3n) is 1.47. The summed E-state index contributed by atoms with van der Waals surface area (Å²) < 4.78 is 0. The van der Waals surface area contributed by atoms with Crippen LogP contribution in [0.15, 0.2) is 24.3 Å². The molecule has 1 aromatic rings. The molecule has 0 N–H and O–H groups in total. The Balaban J connectivity index is 2.42. The first kappa shape index (κ1) is 5.70. The first-order valence-corrected chi connectivity index (χ1v) is 3.07. The largest absolute Gasteiger partial charge is 0.752 e. The smallest absolute Gasteiger partial charge is 0.150 e. The van der Waals surface area contributed by atoms with E-state index < -0.39 is 0 Å². The van der Waals surface area contributed by atoms with Gasteiger partial charge in [0, 0.05) is 5.56 Å². The minimum atomic E-state index is 0.343. The molecule has 0 amide bonds. The van der Waals surface area contributed by atoms with Gasteiger partial charge in [0.15, 0.2) is 5.75 Å². The number of rotatable bonds is 0. The second-order valence-electron chi connectivity index (χ2n) is 2.19. The molecule has 3 heteroatoms. The molecule has 0 unspecified atom stereocenters.